The molecular weight excluding hydrogens is 323 g/mol. The normalized spacial score (nSPS) is 10.9. The quantitative estimate of drug-likeness (QED) is 0.783. The molecule has 0 saturated carbocycles. The van der Waals surface area contributed by atoms with Crippen LogP contribution in [0, 0.1) is 6.92 Å². The maximum Gasteiger partial charge on any atom is 0.258 e. The zero-order valence-corrected chi connectivity index (χ0v) is 13.2. The number of benzene rings is 2. The maximum atomic E-state index is 12.1. The van der Waals surface area contributed by atoms with E-state index in [0.717, 1.165) is 5.56 Å². The lowest BCUT2D eigenvalue weighted by molar-refractivity contribution is 0.296. The third-order valence-corrected chi connectivity index (χ3v) is 3.78. The van der Waals surface area contributed by atoms with Gasteiger partial charge >= 0.3 is 0 Å². The highest BCUT2D eigenvalue weighted by atomic mass is 35.5. The average Bonchev–Trinajstić information content (AvgIpc) is 2.47. The van der Waals surface area contributed by atoms with E-state index in [1.165, 1.54) is 0 Å². The fraction of sp³-hybridized carbons (Fsp3) is 0.125. The Kier molecular flexibility index (Phi) is 4.05. The Bertz CT molecular complexity index is 906. The van der Waals surface area contributed by atoms with Crippen LogP contribution in [0.25, 0.3) is 10.9 Å². The zero-order chi connectivity index (χ0) is 15.7. The number of nitrogens with one attached hydrogen (secondary N) is 1. The summed E-state index contributed by atoms with van der Waals surface area (Å²) in [6, 6.07) is 10.4. The van der Waals surface area contributed by atoms with Gasteiger partial charge in [0.25, 0.3) is 5.56 Å². The van der Waals surface area contributed by atoms with Gasteiger partial charge in [0.05, 0.1) is 15.9 Å². The molecule has 0 spiro atoms. The van der Waals surface area contributed by atoms with Gasteiger partial charge in [0, 0.05) is 5.02 Å². The van der Waals surface area contributed by atoms with Crippen LogP contribution >= 0.6 is 23.2 Å². The topological polar surface area (TPSA) is 55.0 Å². The molecule has 0 unspecified atom stereocenters. The minimum atomic E-state index is -0.186. The second kappa shape index (κ2) is 5.99. The molecular formula is C16H12Cl2N2O2. The van der Waals surface area contributed by atoms with Gasteiger partial charge in [-0.05, 0) is 36.8 Å². The Morgan fingerprint density at radius 3 is 2.82 bits per heavy atom. The minimum absolute atomic E-state index is 0.112. The van der Waals surface area contributed by atoms with E-state index in [4.69, 9.17) is 27.9 Å². The summed E-state index contributed by atoms with van der Waals surface area (Å²) >= 11 is 11.9. The predicted octanol–water partition coefficient (Wildman–Crippen LogP) is 4.12. The molecule has 1 heterocycles. The Morgan fingerprint density at radius 2 is 2.05 bits per heavy atom. The van der Waals surface area contributed by atoms with E-state index < -0.39 is 0 Å². The van der Waals surface area contributed by atoms with E-state index in [1.807, 2.05) is 19.1 Å². The minimum Gasteiger partial charge on any atom is -0.484 e. The van der Waals surface area contributed by atoms with Crippen LogP contribution < -0.4 is 10.3 Å². The number of aromatic nitrogens is 2. The largest absolute Gasteiger partial charge is 0.484 e. The zero-order valence-electron chi connectivity index (χ0n) is 11.7. The highest BCUT2D eigenvalue weighted by Crippen LogP contribution is 2.28. The first-order valence-corrected chi connectivity index (χ1v) is 7.36. The number of hydrogen-bond donors (Lipinski definition) is 1. The van der Waals surface area contributed by atoms with E-state index in [-0.39, 0.29) is 12.2 Å². The van der Waals surface area contributed by atoms with Crippen LogP contribution in [0.5, 0.6) is 5.75 Å². The van der Waals surface area contributed by atoms with E-state index in [1.54, 1.807) is 24.3 Å². The predicted molar refractivity (Wildman–Crippen MR) is 87.9 cm³/mol. The Balaban J connectivity index is 1.91. The number of aryl methyl sites for hydroxylation is 1. The summed E-state index contributed by atoms with van der Waals surface area (Å²) in [6.45, 7) is 2.02. The van der Waals surface area contributed by atoms with Crippen LogP contribution in [0.1, 0.15) is 11.4 Å². The second-order valence-corrected chi connectivity index (χ2v) is 5.69. The van der Waals surface area contributed by atoms with Crippen molar-refractivity contribution in [1.82, 2.24) is 9.97 Å². The fourth-order valence-electron chi connectivity index (χ4n) is 2.16. The average molecular weight is 335 g/mol. The molecule has 0 bridgehead atoms. The molecule has 0 radical (unpaired) electrons. The summed E-state index contributed by atoms with van der Waals surface area (Å²) < 4.78 is 5.60. The molecule has 4 nitrogen and oxygen atoms in total. The molecule has 0 aliphatic heterocycles. The van der Waals surface area contributed by atoms with Crippen LogP contribution in [0.4, 0.5) is 0 Å². The summed E-state index contributed by atoms with van der Waals surface area (Å²) in [5.74, 6) is 0.927. The molecule has 6 heteroatoms. The molecule has 0 aliphatic rings. The number of aromatic amines is 1. The van der Waals surface area contributed by atoms with Crippen molar-refractivity contribution < 1.29 is 4.74 Å². The highest BCUT2D eigenvalue weighted by Gasteiger charge is 2.08. The van der Waals surface area contributed by atoms with Crippen molar-refractivity contribution >= 4 is 34.1 Å². The summed E-state index contributed by atoms with van der Waals surface area (Å²) in [6.07, 6.45) is 0. The van der Waals surface area contributed by atoms with Gasteiger partial charge in [-0.1, -0.05) is 35.3 Å². The van der Waals surface area contributed by atoms with Crippen LogP contribution in [-0.4, -0.2) is 9.97 Å². The SMILES string of the molecule is Cc1cccc2c(=O)[nH]c(COc3ccc(Cl)cc3Cl)nc12. The Labute approximate surface area is 136 Å². The third-order valence-electron chi connectivity index (χ3n) is 3.25. The maximum absolute atomic E-state index is 12.1. The number of fused-ring (bicyclic) bond motifs is 1. The van der Waals surface area contributed by atoms with E-state index in [2.05, 4.69) is 9.97 Å². The van der Waals surface area contributed by atoms with Crippen molar-refractivity contribution in [3.63, 3.8) is 0 Å². The van der Waals surface area contributed by atoms with Gasteiger partial charge in [-0.2, -0.15) is 0 Å². The van der Waals surface area contributed by atoms with Gasteiger partial charge in [-0.3, -0.25) is 4.79 Å². The van der Waals surface area contributed by atoms with E-state index in [9.17, 15) is 4.79 Å². The number of hydrogen-bond acceptors (Lipinski definition) is 3. The molecule has 112 valence electrons. The molecule has 1 N–H and O–H groups in total. The number of nitrogens with zero attached hydrogens (tertiary/aromatic N) is 1. The van der Waals surface area contributed by atoms with Crippen LogP contribution in [0.15, 0.2) is 41.2 Å². The number of ether oxygens (including phenoxy) is 1. The summed E-state index contributed by atoms with van der Waals surface area (Å²) in [7, 11) is 0. The van der Waals surface area contributed by atoms with Crippen LogP contribution in [-0.2, 0) is 6.61 Å². The lowest BCUT2D eigenvalue weighted by Gasteiger charge is -2.09. The first kappa shape index (κ1) is 14.9. The molecule has 3 aromatic rings. The monoisotopic (exact) mass is 334 g/mol. The van der Waals surface area contributed by atoms with Gasteiger partial charge in [0.1, 0.15) is 18.2 Å². The lowest BCUT2D eigenvalue weighted by atomic mass is 10.1. The van der Waals surface area contributed by atoms with Gasteiger partial charge in [0.15, 0.2) is 0 Å². The van der Waals surface area contributed by atoms with Crippen molar-refractivity contribution in [2.75, 3.05) is 0 Å². The molecule has 0 atom stereocenters. The van der Waals surface area contributed by atoms with E-state index in [0.29, 0.717) is 32.5 Å². The van der Waals surface area contributed by atoms with Gasteiger partial charge in [-0.25, -0.2) is 4.98 Å². The first-order valence-electron chi connectivity index (χ1n) is 6.61. The van der Waals surface area contributed by atoms with Gasteiger partial charge in [0.2, 0.25) is 0 Å². The molecule has 0 aliphatic carbocycles. The molecule has 2 aromatic carbocycles. The highest BCUT2D eigenvalue weighted by molar-refractivity contribution is 6.35. The lowest BCUT2D eigenvalue weighted by Crippen LogP contribution is -2.14. The van der Waals surface area contributed by atoms with E-state index >= 15 is 0 Å². The summed E-state index contributed by atoms with van der Waals surface area (Å²) in [5, 5.41) is 1.50. The number of rotatable bonds is 3. The van der Waals surface area contributed by atoms with Crippen molar-refractivity contribution in [1.29, 1.82) is 0 Å². The van der Waals surface area contributed by atoms with Crippen LogP contribution in [0.2, 0.25) is 10.0 Å². The Hall–Kier alpha value is -2.04. The first-order chi connectivity index (χ1) is 10.5. The molecule has 3 rings (SSSR count). The van der Waals surface area contributed by atoms with Crippen molar-refractivity contribution in [2.45, 2.75) is 13.5 Å². The molecule has 0 fully saturated rings. The second-order valence-electron chi connectivity index (χ2n) is 4.85. The molecule has 1 aromatic heterocycles. The van der Waals surface area contributed by atoms with Gasteiger partial charge in [-0.15, -0.1) is 0 Å². The summed E-state index contributed by atoms with van der Waals surface area (Å²) in [4.78, 5) is 19.2. The molecule has 22 heavy (non-hydrogen) atoms. The molecule has 0 saturated heterocycles. The molecule has 0 amide bonds. The van der Waals surface area contributed by atoms with Crippen molar-refractivity contribution in [3.8, 4) is 5.75 Å². The third kappa shape index (κ3) is 2.93. The Morgan fingerprint density at radius 1 is 1.23 bits per heavy atom. The number of para-hydroxylation sites is 1. The van der Waals surface area contributed by atoms with Crippen LogP contribution in [0.3, 0.4) is 0 Å². The number of halogens is 2. The fourth-order valence-corrected chi connectivity index (χ4v) is 2.62. The standard InChI is InChI=1S/C16H12Cl2N2O2/c1-9-3-2-4-11-15(9)19-14(20-16(11)21)8-22-13-6-5-10(17)7-12(13)18/h2-7H,8H2,1H3,(H,19,20,21). The van der Waals surface area contributed by atoms with Gasteiger partial charge < -0.3 is 9.72 Å². The van der Waals surface area contributed by atoms with Crippen molar-refractivity contribution in [3.05, 3.63) is 68.2 Å². The summed E-state index contributed by atoms with van der Waals surface area (Å²) in [5.41, 5.74) is 1.43. The number of H-pyrrole nitrogens is 1. The van der Waals surface area contributed by atoms with Crippen molar-refractivity contribution in [2.24, 2.45) is 0 Å². The smallest absolute Gasteiger partial charge is 0.258 e.